The average molecular weight is 337 g/mol. The van der Waals surface area contributed by atoms with Gasteiger partial charge in [-0.25, -0.2) is 4.52 Å². The summed E-state index contributed by atoms with van der Waals surface area (Å²) in [7, 11) is 9.19. The fourth-order valence-electron chi connectivity index (χ4n) is 2.89. The largest absolute Gasteiger partial charge is 0.280 e. The van der Waals surface area contributed by atoms with E-state index in [0.717, 1.165) is 6.54 Å². The van der Waals surface area contributed by atoms with Crippen molar-refractivity contribution in [3.63, 3.8) is 0 Å². The van der Waals surface area contributed by atoms with Crippen molar-refractivity contribution in [2.24, 2.45) is 9.26 Å². The van der Waals surface area contributed by atoms with Crippen LogP contribution in [0.15, 0.2) is 9.26 Å². The first-order valence-electron chi connectivity index (χ1n) is 7.73. The monoisotopic (exact) mass is 337 g/mol. The van der Waals surface area contributed by atoms with Crippen molar-refractivity contribution in [3.8, 4) is 0 Å². The summed E-state index contributed by atoms with van der Waals surface area (Å²) in [6.45, 7) is 12.1. The third kappa shape index (κ3) is 4.20. The van der Waals surface area contributed by atoms with Crippen LogP contribution in [0.5, 0.6) is 0 Å². The molecule has 0 radical (unpaired) electrons. The second-order valence-electron chi connectivity index (χ2n) is 6.51. The summed E-state index contributed by atoms with van der Waals surface area (Å²) in [5.74, 6) is 0. The number of hydrogen-bond acceptors (Lipinski definition) is 1. The van der Waals surface area contributed by atoms with E-state index in [-0.39, 0.29) is 0 Å². The van der Waals surface area contributed by atoms with Crippen LogP contribution in [0.3, 0.4) is 0 Å². The fraction of sp³-hybridized carbons (Fsp3) is 1.00. The Balaban J connectivity index is 6.69. The van der Waals surface area contributed by atoms with Gasteiger partial charge in [0.2, 0.25) is 0 Å². The molecule has 0 N–H and O–H groups in total. The molecular formula is C14H37N5P2. The van der Waals surface area contributed by atoms with Gasteiger partial charge < -0.3 is 0 Å². The zero-order valence-corrected chi connectivity index (χ0v) is 17.8. The minimum atomic E-state index is -1.89. The van der Waals surface area contributed by atoms with E-state index >= 15 is 0 Å². The van der Waals surface area contributed by atoms with Crippen molar-refractivity contribution >= 4 is 14.7 Å². The first-order chi connectivity index (χ1) is 9.48. The molecule has 0 heterocycles. The van der Waals surface area contributed by atoms with Crippen LogP contribution in [0.1, 0.15) is 34.6 Å². The lowest BCUT2D eigenvalue weighted by molar-refractivity contribution is 0.475. The van der Waals surface area contributed by atoms with E-state index in [1.165, 1.54) is 0 Å². The molecule has 0 aromatic carbocycles. The van der Waals surface area contributed by atoms with E-state index in [1.54, 1.807) is 0 Å². The van der Waals surface area contributed by atoms with Crippen molar-refractivity contribution in [3.05, 3.63) is 0 Å². The molecule has 0 aromatic rings. The van der Waals surface area contributed by atoms with Crippen LogP contribution in [0.4, 0.5) is 0 Å². The molecule has 0 aliphatic rings. The van der Waals surface area contributed by atoms with Gasteiger partial charge in [-0.3, -0.25) is 18.8 Å². The Morgan fingerprint density at radius 2 is 1.10 bits per heavy atom. The van der Waals surface area contributed by atoms with Gasteiger partial charge in [-0.1, -0.05) is 27.7 Å². The first-order valence-corrected chi connectivity index (χ1v) is 11.2. The molecule has 0 aromatic heterocycles. The maximum absolute atomic E-state index is 5.56. The minimum absolute atomic E-state index is 0.483. The number of hydrogen-bond donors (Lipinski definition) is 0. The van der Waals surface area contributed by atoms with Crippen LogP contribution in [0.25, 0.3) is 0 Å². The van der Waals surface area contributed by atoms with Crippen molar-refractivity contribution in [1.29, 1.82) is 0 Å². The van der Waals surface area contributed by atoms with Crippen LogP contribution >= 0.6 is 14.7 Å². The third-order valence-electron chi connectivity index (χ3n) is 3.76. The van der Waals surface area contributed by atoms with Crippen LogP contribution in [0, 0.1) is 0 Å². The summed E-state index contributed by atoms with van der Waals surface area (Å²) < 4.78 is 17.5. The molecule has 5 nitrogen and oxygen atoms in total. The van der Waals surface area contributed by atoms with Gasteiger partial charge in [-0.15, -0.1) is 0 Å². The van der Waals surface area contributed by atoms with Crippen LogP contribution in [-0.2, 0) is 0 Å². The van der Waals surface area contributed by atoms with E-state index in [0.29, 0.717) is 11.3 Å². The molecule has 0 saturated carbocycles. The van der Waals surface area contributed by atoms with Gasteiger partial charge in [0, 0.05) is 17.9 Å². The van der Waals surface area contributed by atoms with Crippen molar-refractivity contribution in [2.75, 3.05) is 48.8 Å². The topological polar surface area (TPSA) is 34.4 Å². The average Bonchev–Trinajstić information content (AvgIpc) is 2.32. The van der Waals surface area contributed by atoms with E-state index in [9.17, 15) is 0 Å². The number of rotatable bonds is 7. The molecule has 0 amide bonds. The lowest BCUT2D eigenvalue weighted by atomic mass is 10.5. The summed E-state index contributed by atoms with van der Waals surface area (Å²) in [6.07, 6.45) is 0. The van der Waals surface area contributed by atoms with E-state index in [4.69, 9.17) is 9.26 Å². The van der Waals surface area contributed by atoms with Crippen molar-refractivity contribution in [1.82, 2.24) is 14.0 Å². The molecule has 0 bridgehead atoms. The predicted octanol–water partition coefficient (Wildman–Crippen LogP) is 4.57. The van der Waals surface area contributed by atoms with Crippen LogP contribution in [-0.4, -0.2) is 74.2 Å². The Kier molecular flexibility index (Phi) is 8.40. The maximum atomic E-state index is 5.56. The molecule has 0 atom stereocenters. The van der Waals surface area contributed by atoms with Gasteiger partial charge in [0.05, 0.1) is 7.21 Å². The molecule has 0 saturated heterocycles. The summed E-state index contributed by atoms with van der Waals surface area (Å²) in [4.78, 5) is 0. The predicted molar refractivity (Wildman–Crippen MR) is 101 cm³/mol. The molecule has 0 aliphatic heterocycles. The molecule has 0 rings (SSSR count). The summed E-state index contributed by atoms with van der Waals surface area (Å²) in [6, 6.07) is 0. The zero-order valence-electron chi connectivity index (χ0n) is 16.0. The van der Waals surface area contributed by atoms with Gasteiger partial charge in [-0.05, 0) is 49.2 Å². The molecular weight excluding hydrogens is 300 g/mol. The quantitative estimate of drug-likeness (QED) is 0.638. The highest BCUT2D eigenvalue weighted by Crippen LogP contribution is 2.70. The lowest BCUT2D eigenvalue weighted by Crippen LogP contribution is -2.31. The summed E-state index contributed by atoms with van der Waals surface area (Å²) in [5, 5.41) is 0. The van der Waals surface area contributed by atoms with Gasteiger partial charge in [0.25, 0.3) is 0 Å². The Morgan fingerprint density at radius 3 is 1.29 bits per heavy atom. The van der Waals surface area contributed by atoms with E-state index in [2.05, 4.69) is 90.9 Å². The standard InChI is InChI=1S/C14H37N5P2/c1-12-15-20(13(2)3,14(4)5)16-21(17(6)7,18(8)9)19(10)11/h13-14H,12H2,1-11H3. The first kappa shape index (κ1) is 21.3. The van der Waals surface area contributed by atoms with Gasteiger partial charge in [-0.2, -0.15) is 0 Å². The number of nitrogens with zero attached hydrogens (tertiary/aromatic N) is 5. The smallest absolute Gasteiger partial charge is 0.171 e. The van der Waals surface area contributed by atoms with E-state index in [1.807, 2.05) is 0 Å². The van der Waals surface area contributed by atoms with Gasteiger partial charge in [0.15, 0.2) is 7.51 Å². The maximum Gasteiger partial charge on any atom is 0.171 e. The summed E-state index contributed by atoms with van der Waals surface area (Å²) in [5.41, 5.74) is 0.966. The molecule has 0 aliphatic carbocycles. The fourth-order valence-corrected chi connectivity index (χ4v) is 12.7. The Labute approximate surface area is 133 Å². The lowest BCUT2D eigenvalue weighted by Gasteiger charge is -2.44. The Hall–Kier alpha value is 0.340. The van der Waals surface area contributed by atoms with E-state index < -0.39 is 14.7 Å². The molecule has 21 heavy (non-hydrogen) atoms. The molecule has 0 fully saturated rings. The second-order valence-corrected chi connectivity index (χ2v) is 14.5. The molecule has 0 unspecified atom stereocenters. The zero-order chi connectivity index (χ0) is 17.0. The molecule has 7 heteroatoms. The van der Waals surface area contributed by atoms with Crippen molar-refractivity contribution < 1.29 is 0 Å². The normalized spacial score (nSPS) is 13.9. The molecule has 128 valence electrons. The highest BCUT2D eigenvalue weighted by atomic mass is 31.2. The van der Waals surface area contributed by atoms with Crippen LogP contribution < -0.4 is 0 Å². The minimum Gasteiger partial charge on any atom is -0.280 e. The SMILES string of the molecule is CCN=P(N=P(N(C)C)(N(C)C)N(C)C)(C(C)C)C(C)C. The van der Waals surface area contributed by atoms with Crippen LogP contribution in [0.2, 0.25) is 0 Å². The van der Waals surface area contributed by atoms with Crippen molar-refractivity contribution in [2.45, 2.75) is 45.9 Å². The molecule has 0 spiro atoms. The second kappa shape index (κ2) is 8.26. The summed E-state index contributed by atoms with van der Waals surface area (Å²) >= 11 is 0. The van der Waals surface area contributed by atoms with Gasteiger partial charge >= 0.3 is 0 Å². The van der Waals surface area contributed by atoms with Gasteiger partial charge in [0.1, 0.15) is 0 Å². The highest BCUT2D eigenvalue weighted by Gasteiger charge is 2.35. The Morgan fingerprint density at radius 1 is 0.762 bits per heavy atom. The third-order valence-corrected chi connectivity index (χ3v) is 12.9. The highest BCUT2D eigenvalue weighted by molar-refractivity contribution is 7.74. The Bertz CT molecular complexity index is 385.